The molecule has 0 bridgehead atoms. The number of amides is 1. The fourth-order valence-electron chi connectivity index (χ4n) is 2.76. The minimum absolute atomic E-state index is 0.141. The summed E-state index contributed by atoms with van der Waals surface area (Å²) in [6.07, 6.45) is 2.96. The molecule has 0 aromatic carbocycles. The van der Waals surface area contributed by atoms with E-state index in [1.54, 1.807) is 0 Å². The van der Waals surface area contributed by atoms with Gasteiger partial charge in [-0.3, -0.25) is 4.79 Å². The molecule has 3 heteroatoms. The molecule has 1 saturated carbocycles. The second kappa shape index (κ2) is 5.67. The number of carbonyl (C=O) groups is 1. The molecule has 4 atom stereocenters. The molecule has 1 rings (SSSR count). The van der Waals surface area contributed by atoms with E-state index in [1.807, 2.05) is 11.9 Å². The molecule has 0 spiro atoms. The maximum Gasteiger partial charge on any atom is 0.225 e. The first-order valence-corrected chi connectivity index (χ1v) is 6.47. The van der Waals surface area contributed by atoms with Crippen molar-refractivity contribution in [3.8, 4) is 0 Å². The van der Waals surface area contributed by atoms with E-state index in [4.69, 9.17) is 5.73 Å². The average molecular weight is 226 g/mol. The van der Waals surface area contributed by atoms with Crippen molar-refractivity contribution in [1.82, 2.24) is 4.90 Å². The van der Waals surface area contributed by atoms with Gasteiger partial charge in [0.25, 0.3) is 0 Å². The van der Waals surface area contributed by atoms with Crippen molar-refractivity contribution >= 4 is 5.91 Å². The molecular formula is C13H26N2O. The smallest absolute Gasteiger partial charge is 0.225 e. The Labute approximate surface area is 99.4 Å². The summed E-state index contributed by atoms with van der Waals surface area (Å²) in [6.45, 7) is 7.33. The van der Waals surface area contributed by atoms with Gasteiger partial charge in [-0.1, -0.05) is 20.8 Å². The van der Waals surface area contributed by atoms with Gasteiger partial charge in [-0.25, -0.2) is 0 Å². The predicted octanol–water partition coefficient (Wildman–Crippen LogP) is 1.86. The molecule has 4 unspecified atom stereocenters. The third kappa shape index (κ3) is 2.97. The maximum atomic E-state index is 12.2. The first-order valence-electron chi connectivity index (χ1n) is 6.47. The molecule has 0 radical (unpaired) electrons. The minimum Gasteiger partial charge on any atom is -0.346 e. The molecule has 0 heterocycles. The maximum absolute atomic E-state index is 12.2. The molecule has 0 saturated heterocycles. The van der Waals surface area contributed by atoms with Crippen molar-refractivity contribution in [2.45, 2.75) is 46.1 Å². The third-order valence-electron chi connectivity index (χ3n) is 3.94. The summed E-state index contributed by atoms with van der Waals surface area (Å²) in [5.41, 5.74) is 6.07. The molecule has 0 aromatic rings. The summed E-state index contributed by atoms with van der Waals surface area (Å²) in [7, 11) is 1.90. The highest BCUT2D eigenvalue weighted by molar-refractivity contribution is 5.79. The van der Waals surface area contributed by atoms with Gasteiger partial charge in [-0.05, 0) is 31.1 Å². The zero-order chi connectivity index (χ0) is 12.3. The van der Waals surface area contributed by atoms with Crippen LogP contribution in [0.3, 0.4) is 0 Å². The van der Waals surface area contributed by atoms with Gasteiger partial charge in [0.05, 0.1) is 0 Å². The second-order valence-electron chi connectivity index (χ2n) is 5.46. The first-order chi connectivity index (χ1) is 7.47. The molecule has 16 heavy (non-hydrogen) atoms. The summed E-state index contributed by atoms with van der Waals surface area (Å²) in [5, 5.41) is 0. The van der Waals surface area contributed by atoms with Crippen LogP contribution in [0.4, 0.5) is 0 Å². The molecule has 0 aromatic heterocycles. The molecule has 1 fully saturated rings. The van der Waals surface area contributed by atoms with E-state index in [9.17, 15) is 4.79 Å². The molecule has 0 aliphatic heterocycles. The molecule has 1 amide bonds. The van der Waals surface area contributed by atoms with Crippen LogP contribution in [0.25, 0.3) is 0 Å². The van der Waals surface area contributed by atoms with Crippen molar-refractivity contribution in [2.24, 2.45) is 23.5 Å². The van der Waals surface area contributed by atoms with E-state index in [-0.39, 0.29) is 17.9 Å². The lowest BCUT2D eigenvalue weighted by Crippen LogP contribution is -2.45. The Morgan fingerprint density at radius 1 is 1.31 bits per heavy atom. The topological polar surface area (TPSA) is 46.3 Å². The van der Waals surface area contributed by atoms with Gasteiger partial charge in [0.1, 0.15) is 0 Å². The Morgan fingerprint density at radius 3 is 2.50 bits per heavy atom. The average Bonchev–Trinajstić information content (AvgIpc) is 2.23. The van der Waals surface area contributed by atoms with E-state index in [1.165, 1.54) is 0 Å². The van der Waals surface area contributed by atoms with Gasteiger partial charge in [0.15, 0.2) is 0 Å². The van der Waals surface area contributed by atoms with Crippen molar-refractivity contribution in [2.75, 3.05) is 13.6 Å². The zero-order valence-corrected chi connectivity index (χ0v) is 11.1. The van der Waals surface area contributed by atoms with E-state index in [0.29, 0.717) is 11.8 Å². The van der Waals surface area contributed by atoms with Crippen LogP contribution in [0.1, 0.15) is 40.0 Å². The summed E-state index contributed by atoms with van der Waals surface area (Å²) in [6, 6.07) is 0.195. The van der Waals surface area contributed by atoms with Crippen LogP contribution in [0.15, 0.2) is 0 Å². The Hall–Kier alpha value is -0.570. The number of hydrogen-bond acceptors (Lipinski definition) is 2. The Bertz CT molecular complexity index is 242. The van der Waals surface area contributed by atoms with E-state index in [0.717, 1.165) is 25.8 Å². The lowest BCUT2D eigenvalue weighted by atomic mass is 9.72. The van der Waals surface area contributed by atoms with E-state index >= 15 is 0 Å². The summed E-state index contributed by atoms with van der Waals surface area (Å²) >= 11 is 0. The lowest BCUT2D eigenvalue weighted by molar-refractivity contribution is -0.137. The van der Waals surface area contributed by atoms with Crippen molar-refractivity contribution < 1.29 is 4.79 Å². The van der Waals surface area contributed by atoms with Gasteiger partial charge in [0, 0.05) is 25.6 Å². The molecule has 2 N–H and O–H groups in total. The third-order valence-corrected chi connectivity index (χ3v) is 3.94. The summed E-state index contributed by atoms with van der Waals surface area (Å²) in [4.78, 5) is 14.1. The van der Waals surface area contributed by atoms with Crippen molar-refractivity contribution in [3.05, 3.63) is 0 Å². The van der Waals surface area contributed by atoms with Crippen molar-refractivity contribution in [1.29, 1.82) is 0 Å². The van der Waals surface area contributed by atoms with Gasteiger partial charge in [-0.2, -0.15) is 0 Å². The number of hydrogen-bond donors (Lipinski definition) is 1. The van der Waals surface area contributed by atoms with Crippen LogP contribution in [-0.4, -0.2) is 30.4 Å². The fraction of sp³-hybridized carbons (Fsp3) is 0.923. The van der Waals surface area contributed by atoms with Gasteiger partial charge in [-0.15, -0.1) is 0 Å². The van der Waals surface area contributed by atoms with Gasteiger partial charge >= 0.3 is 0 Å². The number of carbonyl (C=O) groups excluding carboxylic acids is 1. The molecule has 1 aliphatic carbocycles. The normalized spacial score (nSPS) is 34.8. The highest BCUT2D eigenvalue weighted by Gasteiger charge is 2.35. The number of nitrogens with two attached hydrogens (primary N) is 1. The number of nitrogens with zero attached hydrogens (tertiary/aromatic N) is 1. The first kappa shape index (κ1) is 13.5. The lowest BCUT2D eigenvalue weighted by Gasteiger charge is -2.37. The largest absolute Gasteiger partial charge is 0.346 e. The van der Waals surface area contributed by atoms with Crippen LogP contribution in [-0.2, 0) is 4.79 Å². The molecule has 1 aliphatic rings. The Kier molecular flexibility index (Phi) is 4.78. The Balaban J connectivity index is 2.61. The summed E-state index contributed by atoms with van der Waals surface area (Å²) in [5.74, 6) is 1.46. The SMILES string of the molecule is CCCN(C)C(=O)C1CC(N)C(C)CC1C. The number of rotatable bonds is 3. The zero-order valence-electron chi connectivity index (χ0n) is 11.1. The fourth-order valence-corrected chi connectivity index (χ4v) is 2.76. The van der Waals surface area contributed by atoms with Gasteiger partial charge < -0.3 is 10.6 Å². The highest BCUT2D eigenvalue weighted by atomic mass is 16.2. The quantitative estimate of drug-likeness (QED) is 0.798. The van der Waals surface area contributed by atoms with Crippen molar-refractivity contribution in [3.63, 3.8) is 0 Å². The molecule has 3 nitrogen and oxygen atoms in total. The predicted molar refractivity (Wildman–Crippen MR) is 67.0 cm³/mol. The van der Waals surface area contributed by atoms with Crippen LogP contribution in [0.2, 0.25) is 0 Å². The monoisotopic (exact) mass is 226 g/mol. The second-order valence-corrected chi connectivity index (χ2v) is 5.46. The van der Waals surface area contributed by atoms with E-state index < -0.39 is 0 Å². The van der Waals surface area contributed by atoms with Crippen LogP contribution >= 0.6 is 0 Å². The minimum atomic E-state index is 0.141. The van der Waals surface area contributed by atoms with Crippen LogP contribution < -0.4 is 5.73 Å². The molecular weight excluding hydrogens is 200 g/mol. The Morgan fingerprint density at radius 2 is 1.94 bits per heavy atom. The van der Waals surface area contributed by atoms with Gasteiger partial charge in [0.2, 0.25) is 5.91 Å². The molecule has 94 valence electrons. The van der Waals surface area contributed by atoms with Crippen LogP contribution in [0, 0.1) is 17.8 Å². The standard InChI is InChI=1S/C13H26N2O/c1-5-6-15(4)13(16)11-8-12(14)10(3)7-9(11)2/h9-12H,5-8,14H2,1-4H3. The van der Waals surface area contributed by atoms with Crippen LogP contribution in [0.5, 0.6) is 0 Å². The highest BCUT2D eigenvalue weighted by Crippen LogP contribution is 2.33. The van der Waals surface area contributed by atoms with E-state index in [2.05, 4.69) is 20.8 Å². The summed E-state index contributed by atoms with van der Waals surface area (Å²) < 4.78 is 0.